The maximum absolute atomic E-state index is 5.96. The van der Waals surface area contributed by atoms with Crippen LogP contribution in [0.1, 0.15) is 66.7 Å². The molecule has 0 radical (unpaired) electrons. The molecule has 2 aliphatic rings. The largest absolute Gasteiger partial charge is 0.481 e. The molecule has 0 spiro atoms. The Morgan fingerprint density at radius 3 is 1.13 bits per heavy atom. The van der Waals surface area contributed by atoms with Crippen LogP contribution in [0.2, 0.25) is 0 Å². The summed E-state index contributed by atoms with van der Waals surface area (Å²) in [4.78, 5) is 5.34. The van der Waals surface area contributed by atoms with Gasteiger partial charge in [0.15, 0.2) is 0 Å². The molecule has 0 unspecified atom stereocenters. The quantitative estimate of drug-likeness (QED) is 0.127. The molecule has 0 fully saturated rings. The zero-order valence-electron chi connectivity index (χ0n) is 37.2. The molecule has 0 amide bonds. The van der Waals surface area contributed by atoms with E-state index in [4.69, 9.17) is 9.47 Å². The Balaban J connectivity index is 0.957. The third kappa shape index (κ3) is 6.55. The smallest absolute Gasteiger partial charge is 0.149 e. The monoisotopic (exact) mass is 896 g/mol. The van der Waals surface area contributed by atoms with Crippen molar-refractivity contribution in [1.82, 2.24) is 0 Å². The first-order valence-corrected chi connectivity index (χ1v) is 24.4. The first-order valence-electron chi connectivity index (χ1n) is 22.8. The Labute approximate surface area is 400 Å². The van der Waals surface area contributed by atoms with E-state index in [0.29, 0.717) is 13.2 Å². The molecule has 0 aliphatic heterocycles. The van der Waals surface area contributed by atoms with E-state index in [2.05, 4.69) is 218 Å². The lowest BCUT2D eigenvalue weighted by Gasteiger charge is -2.32. The Kier molecular flexibility index (Phi) is 10.2. The van der Waals surface area contributed by atoms with Gasteiger partial charge >= 0.3 is 0 Å². The van der Waals surface area contributed by atoms with Crippen LogP contribution in [-0.2, 0) is 17.3 Å². The molecule has 0 saturated carbocycles. The van der Waals surface area contributed by atoms with E-state index >= 15 is 0 Å². The third-order valence-corrected chi connectivity index (χ3v) is 16.2. The van der Waals surface area contributed by atoms with Crippen LogP contribution in [0, 0.1) is 23.7 Å². The molecule has 0 saturated heterocycles. The van der Waals surface area contributed by atoms with Crippen molar-refractivity contribution in [3.63, 3.8) is 0 Å². The minimum atomic E-state index is -0.481. The van der Waals surface area contributed by atoms with Crippen molar-refractivity contribution < 1.29 is 9.47 Å². The van der Waals surface area contributed by atoms with Crippen LogP contribution < -0.4 is 9.47 Å². The van der Waals surface area contributed by atoms with E-state index in [1.807, 2.05) is 36.5 Å². The van der Waals surface area contributed by atoms with Crippen LogP contribution in [0.3, 0.4) is 0 Å². The Morgan fingerprint density at radius 1 is 0.388 bits per heavy atom. The summed E-state index contributed by atoms with van der Waals surface area (Å²) < 4.78 is 11.9. The second kappa shape index (κ2) is 16.7. The van der Waals surface area contributed by atoms with Crippen LogP contribution in [0.25, 0.3) is 43.8 Å². The molecule has 67 heavy (non-hydrogen) atoms. The molecule has 2 nitrogen and oxygen atoms in total. The standard InChI is InChI=1S/C63H44O2S2/c1-3-5-35-64-48-29-25-42-37-46(27-23-44(42)39-48)62(56-19-11-7-15-52(56)53-16-8-12-20-57(53)62)60-33-31-50(66-60)41-51-32-34-61(67-51)63(58-21-13-9-17-54(58)55-18-10-14-22-59(55)63)47-28-24-45-40-49(65-36-6-4-2)30-26-43(45)38-47/h7-34,37-40H,35-36,41H2,1-2H3. The second-order valence-electron chi connectivity index (χ2n) is 17.3. The number of hydrogen-bond donors (Lipinski definition) is 0. The molecule has 10 aromatic rings. The fourth-order valence-corrected chi connectivity index (χ4v) is 13.5. The van der Waals surface area contributed by atoms with Crippen molar-refractivity contribution in [3.05, 3.63) is 247 Å². The topological polar surface area (TPSA) is 18.5 Å². The highest BCUT2D eigenvalue weighted by Crippen LogP contribution is 2.59. The summed E-state index contributed by atoms with van der Waals surface area (Å²) in [5.74, 6) is 13.5. The van der Waals surface area contributed by atoms with E-state index in [0.717, 1.165) is 28.7 Å². The van der Waals surface area contributed by atoms with Gasteiger partial charge in [-0.1, -0.05) is 145 Å². The number of fused-ring (bicyclic) bond motifs is 8. The number of benzene rings is 8. The molecular weight excluding hydrogens is 853 g/mol. The number of hydrogen-bond acceptors (Lipinski definition) is 4. The highest BCUT2D eigenvalue weighted by Gasteiger charge is 2.48. The predicted molar refractivity (Wildman–Crippen MR) is 279 cm³/mol. The third-order valence-electron chi connectivity index (χ3n) is 13.8. The molecule has 320 valence electrons. The van der Waals surface area contributed by atoms with Gasteiger partial charge in [-0.25, -0.2) is 0 Å². The van der Waals surface area contributed by atoms with Crippen molar-refractivity contribution in [2.24, 2.45) is 0 Å². The zero-order valence-corrected chi connectivity index (χ0v) is 38.9. The van der Waals surface area contributed by atoms with Gasteiger partial charge in [-0.05, 0) is 152 Å². The maximum Gasteiger partial charge on any atom is 0.149 e. The molecule has 12 rings (SSSR count). The van der Waals surface area contributed by atoms with Gasteiger partial charge in [-0.3, -0.25) is 0 Å². The molecule has 2 aromatic heterocycles. The van der Waals surface area contributed by atoms with Crippen LogP contribution in [0.4, 0.5) is 0 Å². The average Bonchev–Trinajstić information content (AvgIpc) is 4.17. The van der Waals surface area contributed by atoms with Gasteiger partial charge in [0, 0.05) is 25.9 Å². The van der Waals surface area contributed by atoms with Crippen molar-refractivity contribution in [2.75, 3.05) is 13.2 Å². The molecule has 0 atom stereocenters. The number of ether oxygens (including phenoxy) is 2. The lowest BCUT2D eigenvalue weighted by atomic mass is 9.71. The Morgan fingerprint density at radius 2 is 0.746 bits per heavy atom. The van der Waals surface area contributed by atoms with Crippen molar-refractivity contribution in [2.45, 2.75) is 31.1 Å². The number of rotatable bonds is 10. The zero-order chi connectivity index (χ0) is 45.0. The molecule has 0 N–H and O–H groups in total. The first-order chi connectivity index (χ1) is 33.1. The van der Waals surface area contributed by atoms with Crippen molar-refractivity contribution >= 4 is 44.2 Å². The Hall–Kier alpha value is -7.60. The molecule has 8 aromatic carbocycles. The number of thiophene rings is 2. The molecule has 2 aliphatic carbocycles. The van der Waals surface area contributed by atoms with E-state index in [-0.39, 0.29) is 0 Å². The fourth-order valence-electron chi connectivity index (χ4n) is 10.9. The SMILES string of the molecule is CC#CCOc1ccc2cc(C3(c4ccc(Cc5ccc(C6(c7ccc8cc(OCC#CC)ccc8c7)c7ccccc7-c7ccccc76)s5)s4)c4ccccc4-c4ccccc43)ccc2c1. The van der Waals surface area contributed by atoms with Gasteiger partial charge < -0.3 is 9.47 Å². The lowest BCUT2D eigenvalue weighted by molar-refractivity contribution is 0.370. The van der Waals surface area contributed by atoms with Crippen LogP contribution >= 0.6 is 22.7 Å². The normalized spacial score (nSPS) is 13.4. The van der Waals surface area contributed by atoms with Gasteiger partial charge in [0.05, 0.1) is 10.8 Å². The summed E-state index contributed by atoms with van der Waals surface area (Å²) in [5, 5.41) is 4.66. The first kappa shape index (κ1) is 40.9. The minimum absolute atomic E-state index is 0.380. The van der Waals surface area contributed by atoms with Gasteiger partial charge in [0.2, 0.25) is 0 Å². The van der Waals surface area contributed by atoms with Crippen LogP contribution in [0.5, 0.6) is 11.5 Å². The van der Waals surface area contributed by atoms with E-state index in [1.165, 1.54) is 85.9 Å². The lowest BCUT2D eigenvalue weighted by Crippen LogP contribution is -2.27. The summed E-state index contributed by atoms with van der Waals surface area (Å²) in [6.07, 6.45) is 0.847. The highest BCUT2D eigenvalue weighted by molar-refractivity contribution is 7.13. The highest BCUT2D eigenvalue weighted by atomic mass is 32.1. The summed E-state index contributed by atoms with van der Waals surface area (Å²) in [7, 11) is 0. The van der Waals surface area contributed by atoms with Crippen LogP contribution in [-0.4, -0.2) is 13.2 Å². The summed E-state index contributed by atoms with van der Waals surface area (Å²) in [6, 6.07) is 72.3. The van der Waals surface area contributed by atoms with Gasteiger partial charge in [-0.2, -0.15) is 0 Å². The van der Waals surface area contributed by atoms with Gasteiger partial charge in [-0.15, -0.1) is 34.5 Å². The summed E-state index contributed by atoms with van der Waals surface area (Å²) in [5.41, 5.74) is 12.0. The predicted octanol–water partition coefficient (Wildman–Crippen LogP) is 15.2. The molecule has 4 heteroatoms. The fraction of sp³-hybridized carbons (Fsp3) is 0.111. The Bertz CT molecular complexity index is 3360. The van der Waals surface area contributed by atoms with E-state index in [1.54, 1.807) is 0 Å². The molecular formula is C63H44O2S2. The van der Waals surface area contributed by atoms with Crippen molar-refractivity contribution in [1.29, 1.82) is 0 Å². The average molecular weight is 897 g/mol. The maximum atomic E-state index is 5.96. The summed E-state index contributed by atoms with van der Waals surface area (Å²) in [6.45, 7) is 4.44. The van der Waals surface area contributed by atoms with E-state index < -0.39 is 10.8 Å². The van der Waals surface area contributed by atoms with Crippen LogP contribution in [0.15, 0.2) is 194 Å². The summed E-state index contributed by atoms with van der Waals surface area (Å²) >= 11 is 3.89. The van der Waals surface area contributed by atoms with Crippen molar-refractivity contribution in [3.8, 4) is 57.4 Å². The van der Waals surface area contributed by atoms with Gasteiger partial charge in [0.1, 0.15) is 24.7 Å². The minimum Gasteiger partial charge on any atom is -0.481 e. The molecule has 2 heterocycles. The van der Waals surface area contributed by atoms with Gasteiger partial charge in [0.25, 0.3) is 0 Å². The second-order valence-corrected chi connectivity index (χ2v) is 19.6. The van der Waals surface area contributed by atoms with E-state index in [9.17, 15) is 0 Å². The molecule has 0 bridgehead atoms.